The van der Waals surface area contributed by atoms with Crippen molar-refractivity contribution in [3.05, 3.63) is 41.6 Å². The van der Waals surface area contributed by atoms with E-state index in [0.29, 0.717) is 5.56 Å². The molecule has 0 aliphatic heterocycles. The van der Waals surface area contributed by atoms with E-state index in [1.165, 1.54) is 37.6 Å². The zero-order valence-electron chi connectivity index (χ0n) is 15.7. The number of nitrogens with zero attached hydrogens (tertiary/aromatic N) is 2. The Bertz CT molecular complexity index is 874. The van der Waals surface area contributed by atoms with Crippen LogP contribution in [0.25, 0.3) is 0 Å². The molecule has 156 valence electrons. The number of methoxy groups -OCH3 is 1. The van der Waals surface area contributed by atoms with E-state index in [0.717, 1.165) is 0 Å². The summed E-state index contributed by atoms with van der Waals surface area (Å²) in [6.07, 6.45) is -2.83. The highest BCUT2D eigenvalue weighted by molar-refractivity contribution is 5.96. The number of hydrogen-bond acceptors (Lipinski definition) is 6. The molecule has 2 aromatic heterocycles. The fourth-order valence-electron chi connectivity index (χ4n) is 2.15. The second kappa shape index (κ2) is 9.71. The van der Waals surface area contributed by atoms with Gasteiger partial charge in [-0.1, -0.05) is 6.92 Å². The first-order valence-electron chi connectivity index (χ1n) is 8.49. The first kappa shape index (κ1) is 21.9. The van der Waals surface area contributed by atoms with Gasteiger partial charge in [0, 0.05) is 36.4 Å². The van der Waals surface area contributed by atoms with E-state index < -0.39 is 18.7 Å². The van der Waals surface area contributed by atoms with E-state index in [-0.39, 0.29) is 42.0 Å². The van der Waals surface area contributed by atoms with E-state index in [1.54, 1.807) is 6.92 Å². The van der Waals surface area contributed by atoms with Crippen LogP contribution in [0.3, 0.4) is 0 Å². The normalized spacial score (nSPS) is 10.9. The van der Waals surface area contributed by atoms with Crippen LogP contribution >= 0.6 is 0 Å². The number of carbonyl (C=O) groups is 2. The molecule has 0 radical (unpaired) electrons. The van der Waals surface area contributed by atoms with Crippen molar-refractivity contribution in [2.45, 2.75) is 26.1 Å². The third-order valence-corrected chi connectivity index (χ3v) is 3.54. The standard InChI is InChI=1S/C18H19F3N4O4/c1-3-14(26)24-13-8-11(6-7-22-13)16(27)23-9-12-4-5-15(25-17(12)28-2)29-10-18(19,20)21/h4-8H,3,9-10H2,1-2H3,(H,23,27)(H,22,24,26). The molecule has 0 aliphatic rings. The third-order valence-electron chi connectivity index (χ3n) is 3.54. The first-order chi connectivity index (χ1) is 13.7. The number of carbonyl (C=O) groups excluding carboxylic acids is 2. The van der Waals surface area contributed by atoms with Gasteiger partial charge in [-0.2, -0.15) is 18.2 Å². The van der Waals surface area contributed by atoms with Crippen molar-refractivity contribution in [2.24, 2.45) is 0 Å². The summed E-state index contributed by atoms with van der Waals surface area (Å²) in [6, 6.07) is 5.59. The van der Waals surface area contributed by atoms with Gasteiger partial charge in [0.2, 0.25) is 17.7 Å². The number of alkyl halides is 3. The van der Waals surface area contributed by atoms with E-state index >= 15 is 0 Å². The van der Waals surface area contributed by atoms with Gasteiger partial charge in [0.15, 0.2) is 6.61 Å². The number of amides is 2. The Hall–Kier alpha value is -3.37. The fraction of sp³-hybridized carbons (Fsp3) is 0.333. The zero-order valence-corrected chi connectivity index (χ0v) is 15.7. The smallest absolute Gasteiger partial charge is 0.422 e. The highest BCUT2D eigenvalue weighted by Gasteiger charge is 2.28. The van der Waals surface area contributed by atoms with Crippen LogP contribution < -0.4 is 20.1 Å². The summed E-state index contributed by atoms with van der Waals surface area (Å²) in [5.74, 6) is -0.664. The summed E-state index contributed by atoms with van der Waals surface area (Å²) in [4.78, 5) is 31.6. The Morgan fingerprint density at radius 2 is 1.97 bits per heavy atom. The topological polar surface area (TPSA) is 102 Å². The molecular formula is C18H19F3N4O4. The minimum Gasteiger partial charge on any atom is -0.481 e. The minimum absolute atomic E-state index is 0.00747. The van der Waals surface area contributed by atoms with Crippen LogP contribution in [-0.4, -0.2) is 41.7 Å². The second-order valence-electron chi connectivity index (χ2n) is 5.74. The molecule has 2 rings (SSSR count). The molecule has 0 bridgehead atoms. The SMILES string of the molecule is CCC(=O)Nc1cc(C(=O)NCc2ccc(OCC(F)(F)F)nc2OC)ccn1. The summed E-state index contributed by atoms with van der Waals surface area (Å²) < 4.78 is 46.3. The van der Waals surface area contributed by atoms with Gasteiger partial charge < -0.3 is 20.1 Å². The van der Waals surface area contributed by atoms with Crippen molar-refractivity contribution >= 4 is 17.6 Å². The van der Waals surface area contributed by atoms with Crippen molar-refractivity contribution in [3.63, 3.8) is 0 Å². The lowest BCUT2D eigenvalue weighted by molar-refractivity contribution is -0.154. The van der Waals surface area contributed by atoms with Crippen LogP contribution in [0.2, 0.25) is 0 Å². The van der Waals surface area contributed by atoms with Gasteiger partial charge in [0.05, 0.1) is 7.11 Å². The average molecular weight is 412 g/mol. The molecule has 2 heterocycles. The maximum atomic E-state index is 12.3. The van der Waals surface area contributed by atoms with Gasteiger partial charge in [0.1, 0.15) is 5.82 Å². The van der Waals surface area contributed by atoms with Gasteiger partial charge in [-0.3, -0.25) is 9.59 Å². The monoisotopic (exact) mass is 412 g/mol. The predicted molar refractivity (Wildman–Crippen MR) is 96.7 cm³/mol. The number of aromatic nitrogens is 2. The van der Waals surface area contributed by atoms with Crippen molar-refractivity contribution in [1.82, 2.24) is 15.3 Å². The number of halogens is 3. The Morgan fingerprint density at radius 3 is 2.62 bits per heavy atom. The number of ether oxygens (including phenoxy) is 2. The van der Waals surface area contributed by atoms with Crippen molar-refractivity contribution in [1.29, 1.82) is 0 Å². The van der Waals surface area contributed by atoms with Gasteiger partial charge in [-0.25, -0.2) is 4.98 Å². The Balaban J connectivity index is 2.02. The highest BCUT2D eigenvalue weighted by atomic mass is 19.4. The zero-order chi connectivity index (χ0) is 21.4. The molecular weight excluding hydrogens is 393 g/mol. The molecule has 0 saturated heterocycles. The third kappa shape index (κ3) is 6.94. The largest absolute Gasteiger partial charge is 0.481 e. The van der Waals surface area contributed by atoms with E-state index in [4.69, 9.17) is 4.74 Å². The lowest BCUT2D eigenvalue weighted by Crippen LogP contribution is -2.24. The van der Waals surface area contributed by atoms with E-state index in [2.05, 4.69) is 25.3 Å². The van der Waals surface area contributed by atoms with Gasteiger partial charge in [-0.05, 0) is 18.2 Å². The molecule has 8 nitrogen and oxygen atoms in total. The minimum atomic E-state index is -4.48. The summed E-state index contributed by atoms with van der Waals surface area (Å²) in [7, 11) is 1.30. The van der Waals surface area contributed by atoms with Crippen LogP contribution in [0.5, 0.6) is 11.8 Å². The molecule has 0 atom stereocenters. The molecule has 29 heavy (non-hydrogen) atoms. The van der Waals surface area contributed by atoms with Crippen LogP contribution in [0.15, 0.2) is 30.5 Å². The molecule has 0 aromatic carbocycles. The summed E-state index contributed by atoms with van der Waals surface area (Å²) in [5.41, 5.74) is 0.706. The molecule has 2 N–H and O–H groups in total. The Kier molecular flexibility index (Phi) is 7.34. The molecule has 2 amide bonds. The fourth-order valence-corrected chi connectivity index (χ4v) is 2.15. The van der Waals surface area contributed by atoms with E-state index in [9.17, 15) is 22.8 Å². The number of hydrogen-bond donors (Lipinski definition) is 2. The molecule has 0 unspecified atom stereocenters. The Morgan fingerprint density at radius 1 is 1.21 bits per heavy atom. The van der Waals surface area contributed by atoms with Crippen molar-refractivity contribution in [2.75, 3.05) is 19.0 Å². The van der Waals surface area contributed by atoms with Crippen LogP contribution in [0.1, 0.15) is 29.3 Å². The van der Waals surface area contributed by atoms with Crippen molar-refractivity contribution < 1.29 is 32.2 Å². The number of nitrogens with one attached hydrogen (secondary N) is 2. The number of anilines is 1. The first-order valence-corrected chi connectivity index (χ1v) is 8.49. The molecule has 0 fully saturated rings. The quantitative estimate of drug-likeness (QED) is 0.691. The average Bonchev–Trinajstić information content (AvgIpc) is 2.70. The summed E-state index contributed by atoms with van der Waals surface area (Å²) >= 11 is 0. The molecule has 0 saturated carbocycles. The maximum absolute atomic E-state index is 12.3. The maximum Gasteiger partial charge on any atom is 0.422 e. The molecule has 11 heteroatoms. The lowest BCUT2D eigenvalue weighted by Gasteiger charge is -2.12. The molecule has 0 spiro atoms. The summed E-state index contributed by atoms with van der Waals surface area (Å²) in [5, 5.41) is 5.19. The van der Waals surface area contributed by atoms with Gasteiger partial charge >= 0.3 is 6.18 Å². The highest BCUT2D eigenvalue weighted by Crippen LogP contribution is 2.22. The molecule has 2 aromatic rings. The number of rotatable bonds is 8. The van der Waals surface area contributed by atoms with Crippen LogP contribution in [-0.2, 0) is 11.3 Å². The van der Waals surface area contributed by atoms with Crippen LogP contribution in [0, 0.1) is 0 Å². The Labute approximate surface area is 164 Å². The second-order valence-corrected chi connectivity index (χ2v) is 5.74. The lowest BCUT2D eigenvalue weighted by atomic mass is 10.2. The van der Waals surface area contributed by atoms with Crippen LogP contribution in [0.4, 0.5) is 19.0 Å². The molecule has 0 aliphatic carbocycles. The number of pyridine rings is 2. The van der Waals surface area contributed by atoms with Gasteiger partial charge in [-0.15, -0.1) is 0 Å². The summed E-state index contributed by atoms with van der Waals surface area (Å²) in [6.45, 7) is 0.221. The predicted octanol–water partition coefficient (Wildman–Crippen LogP) is 2.70. The van der Waals surface area contributed by atoms with Crippen molar-refractivity contribution in [3.8, 4) is 11.8 Å². The van der Waals surface area contributed by atoms with E-state index in [1.807, 2.05) is 0 Å². The van der Waals surface area contributed by atoms with Gasteiger partial charge in [0.25, 0.3) is 5.91 Å².